The average molecular weight is 150 g/mol. The number of rotatable bonds is 1. The predicted molar refractivity (Wildman–Crippen MR) is 34.8 cm³/mol. The van der Waals surface area contributed by atoms with E-state index in [-0.39, 0.29) is 37.7 Å². The van der Waals surface area contributed by atoms with Crippen molar-refractivity contribution in [2.24, 2.45) is 0 Å². The van der Waals surface area contributed by atoms with Gasteiger partial charge in [0, 0.05) is 12.8 Å². The number of hydrogen-bond acceptors (Lipinski definition) is 1. The van der Waals surface area contributed by atoms with Gasteiger partial charge in [0.2, 0.25) is 0 Å². The first-order valence-corrected chi connectivity index (χ1v) is 4.15. The Hall–Kier alpha value is 1.45. The zero-order valence-corrected chi connectivity index (χ0v) is 4.90. The Balaban J connectivity index is 0. The fourth-order valence-electron chi connectivity index (χ4n) is 0. The van der Waals surface area contributed by atoms with Gasteiger partial charge in [0.25, 0.3) is 0 Å². The summed E-state index contributed by atoms with van der Waals surface area (Å²) in [5.74, 6) is 0. The van der Waals surface area contributed by atoms with E-state index in [0.29, 0.717) is 6.16 Å². The maximum absolute atomic E-state index is 10.1. The van der Waals surface area contributed by atoms with Gasteiger partial charge in [-0.2, -0.15) is 0 Å². The molecule has 42 valence electrons. The Morgan fingerprint density at radius 1 is 1.71 bits per heavy atom. The number of hydrogen-bond donors (Lipinski definition) is 1. The van der Waals surface area contributed by atoms with Crippen LogP contribution in [0, 0.1) is 0 Å². The van der Waals surface area contributed by atoms with Gasteiger partial charge in [-0.05, 0) is 0 Å². The van der Waals surface area contributed by atoms with Crippen LogP contribution in [0.25, 0.3) is 0 Å². The molecule has 0 aromatic carbocycles. The van der Waals surface area contributed by atoms with E-state index in [1.165, 1.54) is 6.66 Å². The van der Waals surface area contributed by atoms with Crippen LogP contribution < -0.4 is 0 Å². The predicted octanol–water partition coefficient (Wildman–Crippen LogP) is -0.00970. The van der Waals surface area contributed by atoms with Gasteiger partial charge in [0.15, 0.2) is 7.37 Å². The average Bonchev–Trinajstić information content (AvgIpc) is 1.35. The van der Waals surface area contributed by atoms with Crippen molar-refractivity contribution in [2.75, 3.05) is 12.8 Å². The van der Waals surface area contributed by atoms with Crippen LogP contribution in [-0.2, 0) is 4.57 Å². The molecule has 0 heterocycles. The Labute approximate surface area is 73.8 Å². The summed E-state index contributed by atoms with van der Waals surface area (Å²) >= 11 is 0. The van der Waals surface area contributed by atoms with Gasteiger partial charge in [-0.3, -0.25) is 4.57 Å². The molecule has 0 aliphatic carbocycles. The van der Waals surface area contributed by atoms with Crippen molar-refractivity contribution in [3.63, 3.8) is 0 Å². The molecule has 0 aromatic rings. The molecule has 1 unspecified atom stereocenters. The molecule has 0 radical (unpaired) electrons. The SMILES string of the molecule is CCP(C)(=O)O.[CaH2]. The van der Waals surface area contributed by atoms with E-state index in [0.717, 1.165) is 0 Å². The van der Waals surface area contributed by atoms with Crippen LogP contribution in [0.4, 0.5) is 0 Å². The summed E-state index contributed by atoms with van der Waals surface area (Å²) in [6.45, 7) is 3.05. The van der Waals surface area contributed by atoms with Crippen molar-refractivity contribution in [1.82, 2.24) is 0 Å². The third-order valence-corrected chi connectivity index (χ3v) is 1.76. The molecule has 0 amide bonds. The second-order valence-electron chi connectivity index (χ2n) is 1.37. The minimum absolute atomic E-state index is 0. The maximum atomic E-state index is 10.1. The van der Waals surface area contributed by atoms with Crippen LogP contribution in [0.2, 0.25) is 0 Å². The van der Waals surface area contributed by atoms with Crippen LogP contribution >= 0.6 is 7.37 Å². The first-order chi connectivity index (χ1) is 2.56. The molecule has 0 saturated carbocycles. The zero-order chi connectivity index (χ0) is 5.21. The van der Waals surface area contributed by atoms with Crippen LogP contribution in [0.3, 0.4) is 0 Å². The van der Waals surface area contributed by atoms with Crippen LogP contribution in [-0.4, -0.2) is 55.5 Å². The molecular formula is C3H11CaO2P. The molecule has 1 atom stereocenters. The van der Waals surface area contributed by atoms with E-state index >= 15 is 0 Å². The van der Waals surface area contributed by atoms with Crippen molar-refractivity contribution in [1.29, 1.82) is 0 Å². The van der Waals surface area contributed by atoms with Gasteiger partial charge in [0.1, 0.15) is 0 Å². The third kappa shape index (κ3) is 11.2. The van der Waals surface area contributed by atoms with Gasteiger partial charge in [0.05, 0.1) is 0 Å². The molecular weight excluding hydrogens is 139 g/mol. The van der Waals surface area contributed by atoms with Gasteiger partial charge < -0.3 is 4.89 Å². The van der Waals surface area contributed by atoms with E-state index < -0.39 is 7.37 Å². The summed E-state index contributed by atoms with van der Waals surface area (Å²) in [4.78, 5) is 8.38. The molecule has 0 bridgehead atoms. The van der Waals surface area contributed by atoms with Crippen LogP contribution in [0.15, 0.2) is 0 Å². The normalized spacial score (nSPS) is 17.0. The second-order valence-corrected chi connectivity index (χ2v) is 4.10. The third-order valence-electron chi connectivity index (χ3n) is 0.587. The molecule has 4 heteroatoms. The van der Waals surface area contributed by atoms with Gasteiger partial charge >= 0.3 is 37.7 Å². The van der Waals surface area contributed by atoms with E-state index in [1.807, 2.05) is 0 Å². The van der Waals surface area contributed by atoms with E-state index in [2.05, 4.69) is 0 Å². The second kappa shape index (κ2) is 4.34. The van der Waals surface area contributed by atoms with Crippen molar-refractivity contribution in [3.05, 3.63) is 0 Å². The summed E-state index contributed by atoms with van der Waals surface area (Å²) in [5.41, 5.74) is 0. The summed E-state index contributed by atoms with van der Waals surface area (Å²) in [6, 6.07) is 0. The zero-order valence-electron chi connectivity index (χ0n) is 4.01. The van der Waals surface area contributed by atoms with Crippen LogP contribution in [0.5, 0.6) is 0 Å². The Morgan fingerprint density at radius 2 is 1.86 bits per heavy atom. The quantitative estimate of drug-likeness (QED) is 0.421. The fourth-order valence-corrected chi connectivity index (χ4v) is 0. The first-order valence-electron chi connectivity index (χ1n) is 1.85. The molecule has 0 aliphatic heterocycles. The molecule has 2 nitrogen and oxygen atoms in total. The standard InChI is InChI=1S/C3H9O2P.Ca.2H/c1-3-6(2,4)5;;;/h3H2,1-2H3,(H,4,5);;;. The van der Waals surface area contributed by atoms with E-state index in [9.17, 15) is 4.57 Å². The molecule has 0 rings (SSSR count). The molecule has 0 aliphatic rings. The van der Waals surface area contributed by atoms with Gasteiger partial charge in [-0.25, -0.2) is 0 Å². The Morgan fingerprint density at radius 3 is 1.86 bits per heavy atom. The summed E-state index contributed by atoms with van der Waals surface area (Å²) in [7, 11) is -2.65. The molecule has 0 spiro atoms. The first kappa shape index (κ1) is 11.3. The molecule has 0 fully saturated rings. The van der Waals surface area contributed by atoms with E-state index in [1.54, 1.807) is 6.92 Å². The Kier molecular flexibility index (Phi) is 6.99. The molecule has 1 N–H and O–H groups in total. The van der Waals surface area contributed by atoms with Crippen molar-refractivity contribution in [3.8, 4) is 0 Å². The van der Waals surface area contributed by atoms with Crippen molar-refractivity contribution in [2.45, 2.75) is 6.92 Å². The summed E-state index contributed by atoms with van der Waals surface area (Å²) in [6.07, 6.45) is 0.382. The topological polar surface area (TPSA) is 37.3 Å². The minimum atomic E-state index is -2.65. The molecule has 7 heavy (non-hydrogen) atoms. The van der Waals surface area contributed by atoms with Crippen molar-refractivity contribution < 1.29 is 9.46 Å². The Bertz CT molecular complexity index is 77.0. The fraction of sp³-hybridized carbons (Fsp3) is 1.00. The summed E-state index contributed by atoms with van der Waals surface area (Å²) < 4.78 is 10.1. The molecule has 0 saturated heterocycles. The monoisotopic (exact) mass is 150 g/mol. The van der Waals surface area contributed by atoms with Crippen molar-refractivity contribution >= 4 is 45.1 Å². The van der Waals surface area contributed by atoms with Gasteiger partial charge in [-0.15, -0.1) is 0 Å². The summed E-state index contributed by atoms with van der Waals surface area (Å²) in [5, 5.41) is 0. The van der Waals surface area contributed by atoms with E-state index in [4.69, 9.17) is 4.89 Å². The van der Waals surface area contributed by atoms with Gasteiger partial charge in [-0.1, -0.05) is 6.92 Å². The molecule has 0 aromatic heterocycles. The van der Waals surface area contributed by atoms with Crippen LogP contribution in [0.1, 0.15) is 6.92 Å².